The Balaban J connectivity index is 1.82. The van der Waals surface area contributed by atoms with E-state index in [1.807, 2.05) is 48.5 Å². The molecule has 1 heterocycles. The van der Waals surface area contributed by atoms with Gasteiger partial charge < -0.3 is 15.5 Å². The van der Waals surface area contributed by atoms with Gasteiger partial charge in [-0.2, -0.15) is 0 Å². The van der Waals surface area contributed by atoms with Crippen molar-refractivity contribution in [1.29, 1.82) is 0 Å². The van der Waals surface area contributed by atoms with Gasteiger partial charge in [-0.25, -0.2) is 4.98 Å². The molecule has 0 bridgehead atoms. The van der Waals surface area contributed by atoms with E-state index in [1.165, 1.54) is 0 Å². The van der Waals surface area contributed by atoms with E-state index in [1.54, 1.807) is 0 Å². The summed E-state index contributed by atoms with van der Waals surface area (Å²) in [5.74, 6) is 1.64. The third-order valence-electron chi connectivity index (χ3n) is 2.98. The van der Waals surface area contributed by atoms with Gasteiger partial charge in [0.2, 0.25) is 0 Å². The number of aromatic amines is 1. The Morgan fingerprint density at radius 1 is 1.05 bits per heavy atom. The molecule has 0 aliphatic carbocycles. The Bertz CT molecular complexity index is 676. The molecule has 3 aromatic rings. The molecule has 0 saturated carbocycles. The lowest BCUT2D eigenvalue weighted by molar-refractivity contribution is 0.297. The maximum absolute atomic E-state index is 5.71. The minimum absolute atomic E-state index is 0.419. The summed E-state index contributed by atoms with van der Waals surface area (Å²) in [5.41, 5.74) is 8.67. The summed E-state index contributed by atoms with van der Waals surface area (Å²) in [4.78, 5) is 7.79. The van der Waals surface area contributed by atoms with Crippen molar-refractivity contribution in [3.05, 3.63) is 59.9 Å². The first-order valence-electron chi connectivity index (χ1n) is 6.21. The molecule has 19 heavy (non-hydrogen) atoms. The zero-order chi connectivity index (χ0) is 13.1. The fraction of sp³-hybridized carbons (Fsp3) is 0.133. The van der Waals surface area contributed by atoms with Crippen LogP contribution in [0, 0.1) is 0 Å². The van der Waals surface area contributed by atoms with Gasteiger partial charge in [-0.15, -0.1) is 0 Å². The number of hydrogen-bond donors (Lipinski definition) is 2. The number of benzene rings is 2. The van der Waals surface area contributed by atoms with Crippen molar-refractivity contribution in [3.8, 4) is 5.75 Å². The number of nitrogens with zero attached hydrogens (tertiary/aromatic N) is 1. The minimum atomic E-state index is 0.419. The highest BCUT2D eigenvalue weighted by atomic mass is 16.5. The number of fused-ring (bicyclic) bond motifs is 1. The zero-order valence-electron chi connectivity index (χ0n) is 10.5. The van der Waals surface area contributed by atoms with Crippen LogP contribution >= 0.6 is 0 Å². The van der Waals surface area contributed by atoms with E-state index < -0.39 is 0 Å². The Hall–Kier alpha value is -2.33. The van der Waals surface area contributed by atoms with Gasteiger partial charge >= 0.3 is 0 Å². The van der Waals surface area contributed by atoms with Crippen molar-refractivity contribution in [2.24, 2.45) is 5.73 Å². The van der Waals surface area contributed by atoms with Crippen molar-refractivity contribution in [1.82, 2.24) is 9.97 Å². The van der Waals surface area contributed by atoms with Gasteiger partial charge in [0.25, 0.3) is 0 Å². The topological polar surface area (TPSA) is 63.9 Å². The predicted molar refractivity (Wildman–Crippen MR) is 74.8 cm³/mol. The SMILES string of the molecule is NCc1cccc2[nH]c(COc3ccccc3)nc12. The van der Waals surface area contributed by atoms with Gasteiger partial charge in [-0.3, -0.25) is 0 Å². The molecule has 0 aliphatic heterocycles. The standard InChI is InChI=1S/C15H15N3O/c16-9-11-5-4-8-13-15(11)18-14(17-13)10-19-12-6-2-1-3-7-12/h1-8H,9-10,16H2,(H,17,18). The highest BCUT2D eigenvalue weighted by molar-refractivity contribution is 5.78. The average molecular weight is 253 g/mol. The van der Waals surface area contributed by atoms with E-state index in [9.17, 15) is 0 Å². The monoisotopic (exact) mass is 253 g/mol. The number of nitrogens with one attached hydrogen (secondary N) is 1. The molecule has 0 unspecified atom stereocenters. The molecule has 4 nitrogen and oxygen atoms in total. The van der Waals surface area contributed by atoms with Gasteiger partial charge in [0.05, 0.1) is 11.0 Å². The molecule has 0 aliphatic rings. The Labute approximate surface area is 111 Å². The van der Waals surface area contributed by atoms with E-state index in [0.29, 0.717) is 13.2 Å². The van der Waals surface area contributed by atoms with Crippen LogP contribution in [0.2, 0.25) is 0 Å². The molecular formula is C15H15N3O. The first-order chi connectivity index (χ1) is 9.36. The molecule has 0 amide bonds. The second-order valence-electron chi connectivity index (χ2n) is 4.30. The normalized spacial score (nSPS) is 10.8. The summed E-state index contributed by atoms with van der Waals surface area (Å²) in [6.07, 6.45) is 0. The summed E-state index contributed by atoms with van der Waals surface area (Å²) >= 11 is 0. The molecule has 3 rings (SSSR count). The quantitative estimate of drug-likeness (QED) is 0.751. The van der Waals surface area contributed by atoms with E-state index in [-0.39, 0.29) is 0 Å². The summed E-state index contributed by atoms with van der Waals surface area (Å²) in [5, 5.41) is 0. The van der Waals surface area contributed by atoms with Crippen LogP contribution in [-0.4, -0.2) is 9.97 Å². The van der Waals surface area contributed by atoms with Gasteiger partial charge in [0, 0.05) is 6.54 Å². The molecule has 0 atom stereocenters. The first kappa shape index (κ1) is 11.7. The summed E-state index contributed by atoms with van der Waals surface area (Å²) in [7, 11) is 0. The van der Waals surface area contributed by atoms with Crippen LogP contribution < -0.4 is 10.5 Å². The highest BCUT2D eigenvalue weighted by Gasteiger charge is 2.06. The molecular weight excluding hydrogens is 238 g/mol. The van der Waals surface area contributed by atoms with Crippen molar-refractivity contribution in [2.75, 3.05) is 0 Å². The summed E-state index contributed by atoms with van der Waals surface area (Å²) < 4.78 is 5.67. The van der Waals surface area contributed by atoms with Crippen LogP contribution in [0.3, 0.4) is 0 Å². The second kappa shape index (κ2) is 5.12. The number of para-hydroxylation sites is 2. The summed E-state index contributed by atoms with van der Waals surface area (Å²) in [6, 6.07) is 15.7. The molecule has 3 N–H and O–H groups in total. The predicted octanol–water partition coefficient (Wildman–Crippen LogP) is 2.60. The number of rotatable bonds is 4. The number of aromatic nitrogens is 2. The third kappa shape index (κ3) is 2.44. The molecule has 4 heteroatoms. The van der Waals surface area contributed by atoms with Gasteiger partial charge in [-0.1, -0.05) is 30.3 Å². The van der Waals surface area contributed by atoms with E-state index in [0.717, 1.165) is 28.2 Å². The molecule has 2 aromatic carbocycles. The largest absolute Gasteiger partial charge is 0.486 e. The average Bonchev–Trinajstić information content (AvgIpc) is 2.89. The van der Waals surface area contributed by atoms with Crippen LogP contribution in [0.4, 0.5) is 0 Å². The molecule has 1 aromatic heterocycles. The number of nitrogens with two attached hydrogens (primary N) is 1. The minimum Gasteiger partial charge on any atom is -0.486 e. The maximum Gasteiger partial charge on any atom is 0.146 e. The van der Waals surface area contributed by atoms with Crippen molar-refractivity contribution >= 4 is 11.0 Å². The van der Waals surface area contributed by atoms with Crippen molar-refractivity contribution in [3.63, 3.8) is 0 Å². The number of H-pyrrole nitrogens is 1. The van der Waals surface area contributed by atoms with Crippen molar-refractivity contribution < 1.29 is 4.74 Å². The molecule has 0 spiro atoms. The molecule has 0 radical (unpaired) electrons. The number of imidazole rings is 1. The summed E-state index contributed by atoms with van der Waals surface area (Å²) in [6.45, 7) is 0.907. The fourth-order valence-corrected chi connectivity index (χ4v) is 2.04. The Morgan fingerprint density at radius 2 is 1.89 bits per heavy atom. The maximum atomic E-state index is 5.71. The molecule has 0 saturated heterocycles. The lowest BCUT2D eigenvalue weighted by atomic mass is 10.2. The van der Waals surface area contributed by atoms with Crippen LogP contribution in [0.15, 0.2) is 48.5 Å². The lowest BCUT2D eigenvalue weighted by Crippen LogP contribution is -1.98. The van der Waals surface area contributed by atoms with E-state index >= 15 is 0 Å². The Morgan fingerprint density at radius 3 is 2.68 bits per heavy atom. The molecule has 0 fully saturated rings. The smallest absolute Gasteiger partial charge is 0.146 e. The lowest BCUT2D eigenvalue weighted by Gasteiger charge is -2.02. The first-order valence-corrected chi connectivity index (χ1v) is 6.21. The van der Waals surface area contributed by atoms with E-state index in [2.05, 4.69) is 9.97 Å². The van der Waals surface area contributed by atoms with Gasteiger partial charge in [0.1, 0.15) is 18.2 Å². The second-order valence-corrected chi connectivity index (χ2v) is 4.30. The van der Waals surface area contributed by atoms with Crippen LogP contribution in [0.25, 0.3) is 11.0 Å². The third-order valence-corrected chi connectivity index (χ3v) is 2.98. The van der Waals surface area contributed by atoms with Crippen molar-refractivity contribution in [2.45, 2.75) is 13.2 Å². The van der Waals surface area contributed by atoms with Crippen LogP contribution in [-0.2, 0) is 13.2 Å². The number of hydrogen-bond acceptors (Lipinski definition) is 3. The molecule has 96 valence electrons. The highest BCUT2D eigenvalue weighted by Crippen LogP contribution is 2.17. The van der Waals surface area contributed by atoms with E-state index in [4.69, 9.17) is 10.5 Å². The van der Waals surface area contributed by atoms with Crippen LogP contribution in [0.1, 0.15) is 11.4 Å². The van der Waals surface area contributed by atoms with Crippen LogP contribution in [0.5, 0.6) is 5.75 Å². The fourth-order valence-electron chi connectivity index (χ4n) is 2.04. The van der Waals surface area contributed by atoms with Gasteiger partial charge in [0.15, 0.2) is 0 Å². The Kier molecular flexibility index (Phi) is 3.16. The van der Waals surface area contributed by atoms with Gasteiger partial charge in [-0.05, 0) is 23.8 Å². The number of ether oxygens (including phenoxy) is 1. The zero-order valence-corrected chi connectivity index (χ0v) is 10.5.